The van der Waals surface area contributed by atoms with Gasteiger partial charge in [0.25, 0.3) is 0 Å². The third-order valence-electron chi connectivity index (χ3n) is 4.24. The molecule has 1 amide bonds. The summed E-state index contributed by atoms with van der Waals surface area (Å²) in [5.74, 6) is -0.139. The number of benzene rings is 2. The summed E-state index contributed by atoms with van der Waals surface area (Å²) < 4.78 is 0. The van der Waals surface area contributed by atoms with Gasteiger partial charge < -0.3 is 15.1 Å². The second-order valence-electron chi connectivity index (χ2n) is 5.96. The molecule has 0 aliphatic carbocycles. The first-order valence-corrected chi connectivity index (χ1v) is 7.77. The van der Waals surface area contributed by atoms with E-state index < -0.39 is 6.09 Å². The number of fused-ring (bicyclic) bond motifs is 2. The molecule has 0 saturated heterocycles. The molecule has 6 nitrogen and oxygen atoms in total. The van der Waals surface area contributed by atoms with Crippen LogP contribution < -0.4 is 5.32 Å². The highest BCUT2D eigenvalue weighted by Gasteiger charge is 2.15. The lowest BCUT2D eigenvalue weighted by molar-refractivity contribution is 0.103. The van der Waals surface area contributed by atoms with Crippen molar-refractivity contribution < 1.29 is 14.7 Å². The molecule has 0 atom stereocenters. The summed E-state index contributed by atoms with van der Waals surface area (Å²) in [4.78, 5) is 29.8. The number of hydrogen-bond acceptors (Lipinski definition) is 2. The van der Waals surface area contributed by atoms with Crippen LogP contribution in [-0.2, 0) is 0 Å². The predicted octanol–water partition coefficient (Wildman–Crippen LogP) is 4.28. The van der Waals surface area contributed by atoms with Crippen LogP contribution in [-0.4, -0.2) is 27.0 Å². The molecule has 4 aromatic rings. The average Bonchev–Trinajstić information content (AvgIpc) is 3.17. The van der Waals surface area contributed by atoms with Crippen LogP contribution >= 0.6 is 0 Å². The summed E-state index contributed by atoms with van der Waals surface area (Å²) in [7, 11) is 0. The molecule has 0 spiro atoms. The van der Waals surface area contributed by atoms with Gasteiger partial charge in [0, 0.05) is 27.5 Å². The molecule has 0 fully saturated rings. The van der Waals surface area contributed by atoms with Crippen LogP contribution in [0.2, 0.25) is 0 Å². The van der Waals surface area contributed by atoms with Gasteiger partial charge in [-0.2, -0.15) is 0 Å². The quantitative estimate of drug-likeness (QED) is 0.421. The zero-order valence-electron chi connectivity index (χ0n) is 13.4. The molecular weight excluding hydrogens is 318 g/mol. The monoisotopic (exact) mass is 333 g/mol. The second-order valence-corrected chi connectivity index (χ2v) is 5.96. The number of carbonyl (C=O) groups excluding carboxylic acids is 1. The molecule has 0 bridgehead atoms. The summed E-state index contributed by atoms with van der Waals surface area (Å²) in [6.07, 6.45) is -1.13. The van der Waals surface area contributed by atoms with Gasteiger partial charge in [-0.1, -0.05) is 12.1 Å². The number of rotatable bonds is 3. The molecule has 0 aliphatic heterocycles. The van der Waals surface area contributed by atoms with E-state index in [0.717, 1.165) is 27.4 Å². The summed E-state index contributed by atoms with van der Waals surface area (Å²) >= 11 is 0. The second kappa shape index (κ2) is 5.52. The van der Waals surface area contributed by atoms with E-state index >= 15 is 0 Å². The Bertz CT molecular complexity index is 1140. The van der Waals surface area contributed by atoms with Gasteiger partial charge in [0.15, 0.2) is 0 Å². The molecule has 4 N–H and O–H groups in total. The standard InChI is InChI=1S/C19H15N3O3/c1-10-3-2-4-15-13(10)9-17(22-15)18(23)16-8-11-7-12(20-19(24)25)5-6-14(11)21-16/h2-9,20-22H,1H3,(H,24,25). The Hall–Kier alpha value is -3.54. The maximum absolute atomic E-state index is 12.8. The SMILES string of the molecule is Cc1cccc2[nH]c(C(=O)c3cc4cc(NC(=O)O)ccc4[nH]3)cc12. The summed E-state index contributed by atoms with van der Waals surface area (Å²) in [5, 5.41) is 12.9. The Morgan fingerprint density at radius 2 is 1.72 bits per heavy atom. The van der Waals surface area contributed by atoms with Gasteiger partial charge >= 0.3 is 6.09 Å². The lowest BCUT2D eigenvalue weighted by Gasteiger charge is -1.99. The van der Waals surface area contributed by atoms with Gasteiger partial charge in [-0.15, -0.1) is 0 Å². The topological polar surface area (TPSA) is 98.0 Å². The number of aromatic amines is 2. The average molecular weight is 333 g/mol. The van der Waals surface area contributed by atoms with Crippen LogP contribution in [0.25, 0.3) is 21.8 Å². The minimum Gasteiger partial charge on any atom is -0.465 e. The molecule has 4 rings (SSSR count). The van der Waals surface area contributed by atoms with E-state index in [4.69, 9.17) is 5.11 Å². The zero-order valence-corrected chi connectivity index (χ0v) is 13.4. The molecule has 124 valence electrons. The molecule has 2 aromatic carbocycles. The number of aryl methyl sites for hydroxylation is 1. The molecule has 0 unspecified atom stereocenters. The van der Waals surface area contributed by atoms with Gasteiger partial charge in [0.2, 0.25) is 5.78 Å². The summed E-state index contributed by atoms with van der Waals surface area (Å²) in [5.41, 5.74) is 4.22. The maximum Gasteiger partial charge on any atom is 0.409 e. The lowest BCUT2D eigenvalue weighted by atomic mass is 10.1. The molecule has 2 heterocycles. The molecule has 0 radical (unpaired) electrons. The van der Waals surface area contributed by atoms with Crippen molar-refractivity contribution in [1.29, 1.82) is 0 Å². The highest BCUT2D eigenvalue weighted by Crippen LogP contribution is 2.24. The van der Waals surface area contributed by atoms with Crippen molar-refractivity contribution in [2.75, 3.05) is 5.32 Å². The van der Waals surface area contributed by atoms with Gasteiger partial charge in [0.1, 0.15) is 0 Å². The predicted molar refractivity (Wildman–Crippen MR) is 96.4 cm³/mol. The Morgan fingerprint density at radius 3 is 2.48 bits per heavy atom. The Morgan fingerprint density at radius 1 is 0.960 bits per heavy atom. The number of amides is 1. The minimum absolute atomic E-state index is 0.139. The Labute approximate surface area is 142 Å². The fraction of sp³-hybridized carbons (Fsp3) is 0.0526. The number of anilines is 1. The molecular formula is C19H15N3O3. The third kappa shape index (κ3) is 2.63. The van der Waals surface area contributed by atoms with Crippen molar-refractivity contribution in [3.05, 3.63) is 65.5 Å². The van der Waals surface area contributed by atoms with Gasteiger partial charge in [-0.25, -0.2) is 4.79 Å². The fourth-order valence-electron chi connectivity index (χ4n) is 3.03. The van der Waals surface area contributed by atoms with Crippen LogP contribution in [0.15, 0.2) is 48.5 Å². The normalized spacial score (nSPS) is 11.1. The lowest BCUT2D eigenvalue weighted by Crippen LogP contribution is -2.06. The number of ketones is 1. The largest absolute Gasteiger partial charge is 0.465 e. The van der Waals surface area contributed by atoms with E-state index in [1.807, 2.05) is 31.2 Å². The Kier molecular flexibility index (Phi) is 3.32. The van der Waals surface area contributed by atoms with Crippen molar-refractivity contribution >= 4 is 39.4 Å². The van der Waals surface area contributed by atoms with E-state index in [1.165, 1.54) is 0 Å². The van der Waals surface area contributed by atoms with E-state index in [-0.39, 0.29) is 5.78 Å². The van der Waals surface area contributed by atoms with Crippen LogP contribution in [0.5, 0.6) is 0 Å². The molecule has 2 aromatic heterocycles. The third-order valence-corrected chi connectivity index (χ3v) is 4.24. The zero-order chi connectivity index (χ0) is 17.6. The van der Waals surface area contributed by atoms with Gasteiger partial charge in [-0.3, -0.25) is 10.1 Å². The van der Waals surface area contributed by atoms with E-state index in [9.17, 15) is 9.59 Å². The van der Waals surface area contributed by atoms with Gasteiger partial charge in [0.05, 0.1) is 11.4 Å². The minimum atomic E-state index is -1.13. The van der Waals surface area contributed by atoms with Crippen LogP contribution in [0.1, 0.15) is 21.7 Å². The first kappa shape index (κ1) is 15.0. The highest BCUT2D eigenvalue weighted by molar-refractivity contribution is 6.11. The molecule has 0 aliphatic rings. The van der Waals surface area contributed by atoms with Crippen molar-refractivity contribution in [1.82, 2.24) is 9.97 Å². The number of carbonyl (C=O) groups is 2. The highest BCUT2D eigenvalue weighted by atomic mass is 16.4. The number of carboxylic acid groups (broad SMARTS) is 1. The van der Waals surface area contributed by atoms with Gasteiger partial charge in [-0.05, 0) is 48.9 Å². The number of H-pyrrole nitrogens is 2. The molecule has 0 saturated carbocycles. The van der Waals surface area contributed by atoms with E-state index in [2.05, 4.69) is 15.3 Å². The van der Waals surface area contributed by atoms with Crippen molar-refractivity contribution in [3.8, 4) is 0 Å². The molecule has 6 heteroatoms. The number of hydrogen-bond donors (Lipinski definition) is 4. The van der Waals surface area contributed by atoms with Crippen molar-refractivity contribution in [2.24, 2.45) is 0 Å². The van der Waals surface area contributed by atoms with Crippen LogP contribution in [0.3, 0.4) is 0 Å². The van der Waals surface area contributed by atoms with Crippen LogP contribution in [0, 0.1) is 6.92 Å². The smallest absolute Gasteiger partial charge is 0.409 e. The van der Waals surface area contributed by atoms with E-state index in [1.54, 1.807) is 24.3 Å². The molecule has 25 heavy (non-hydrogen) atoms. The first-order chi connectivity index (χ1) is 12.0. The number of aromatic nitrogens is 2. The number of nitrogens with one attached hydrogen (secondary N) is 3. The van der Waals surface area contributed by atoms with Crippen LogP contribution in [0.4, 0.5) is 10.5 Å². The van der Waals surface area contributed by atoms with Crippen molar-refractivity contribution in [2.45, 2.75) is 6.92 Å². The van der Waals surface area contributed by atoms with E-state index in [0.29, 0.717) is 17.1 Å². The maximum atomic E-state index is 12.8. The van der Waals surface area contributed by atoms with Crippen molar-refractivity contribution in [3.63, 3.8) is 0 Å². The Balaban J connectivity index is 1.73. The summed E-state index contributed by atoms with van der Waals surface area (Å²) in [6, 6.07) is 14.5. The first-order valence-electron chi connectivity index (χ1n) is 7.77. The summed E-state index contributed by atoms with van der Waals surface area (Å²) in [6.45, 7) is 2.00. The fourth-order valence-corrected chi connectivity index (χ4v) is 3.03.